The zero-order chi connectivity index (χ0) is 15.3. The highest BCUT2D eigenvalue weighted by atomic mass is 32.2. The lowest BCUT2D eigenvalue weighted by Crippen LogP contribution is -2.51. The highest BCUT2D eigenvalue weighted by Gasteiger charge is 2.38. The van der Waals surface area contributed by atoms with Crippen molar-refractivity contribution in [2.45, 2.75) is 61.9 Å². The number of nitrogens with zero attached hydrogens (tertiary/aromatic N) is 2. The van der Waals surface area contributed by atoms with E-state index in [2.05, 4.69) is 14.7 Å². The van der Waals surface area contributed by atoms with Crippen molar-refractivity contribution in [1.29, 1.82) is 0 Å². The average Bonchev–Trinajstić information content (AvgIpc) is 3.17. The molecule has 0 aliphatic heterocycles. The number of aryl methyl sites for hydroxylation is 1. The molecule has 1 saturated carbocycles. The van der Waals surface area contributed by atoms with E-state index in [0.29, 0.717) is 6.04 Å². The van der Waals surface area contributed by atoms with Gasteiger partial charge in [0.25, 0.3) is 0 Å². The molecule has 1 aromatic heterocycles. The van der Waals surface area contributed by atoms with Crippen LogP contribution in [0.2, 0.25) is 0 Å². The standard InChI is InChI=1S/C14H23N3O2S2/c1-10-15-13(21-17-10)20-9-5-4-8-14(2,12(18)19-3)16-11-6-7-11/h11,16H,4-9H2,1-3H3. The minimum atomic E-state index is -0.542. The third kappa shape index (κ3) is 5.23. The van der Waals surface area contributed by atoms with Gasteiger partial charge >= 0.3 is 5.97 Å². The number of thioether (sulfide) groups is 1. The fraction of sp³-hybridized carbons (Fsp3) is 0.786. The maximum Gasteiger partial charge on any atom is 0.325 e. The Labute approximate surface area is 134 Å². The molecule has 1 unspecified atom stereocenters. The lowest BCUT2D eigenvalue weighted by molar-refractivity contribution is -0.148. The fourth-order valence-corrected chi connectivity index (χ4v) is 3.93. The van der Waals surface area contributed by atoms with Gasteiger partial charge in [0.2, 0.25) is 0 Å². The van der Waals surface area contributed by atoms with E-state index in [0.717, 1.165) is 35.2 Å². The van der Waals surface area contributed by atoms with E-state index in [1.807, 2.05) is 13.8 Å². The van der Waals surface area contributed by atoms with Crippen molar-refractivity contribution in [2.24, 2.45) is 0 Å². The van der Waals surface area contributed by atoms with Crippen molar-refractivity contribution < 1.29 is 9.53 Å². The van der Waals surface area contributed by atoms with Gasteiger partial charge in [-0.2, -0.15) is 4.37 Å². The predicted octanol–water partition coefficient (Wildman–Crippen LogP) is 2.79. The Balaban J connectivity index is 1.70. The first-order valence-electron chi connectivity index (χ1n) is 7.33. The van der Waals surface area contributed by atoms with E-state index in [4.69, 9.17) is 4.74 Å². The average molecular weight is 329 g/mol. The maximum absolute atomic E-state index is 12.0. The van der Waals surface area contributed by atoms with Gasteiger partial charge in [-0.15, -0.1) is 0 Å². The van der Waals surface area contributed by atoms with Crippen LogP contribution in [0.25, 0.3) is 0 Å². The van der Waals surface area contributed by atoms with E-state index in [-0.39, 0.29) is 5.97 Å². The molecule has 0 spiro atoms. The largest absolute Gasteiger partial charge is 0.468 e. The van der Waals surface area contributed by atoms with Gasteiger partial charge in [-0.1, -0.05) is 18.2 Å². The van der Waals surface area contributed by atoms with Gasteiger partial charge in [0.1, 0.15) is 11.4 Å². The number of carbonyl (C=O) groups excluding carboxylic acids is 1. The molecule has 2 rings (SSSR count). The Kier molecular flexibility index (Phi) is 6.01. The summed E-state index contributed by atoms with van der Waals surface area (Å²) in [5.74, 6) is 1.70. The Morgan fingerprint density at radius 1 is 1.52 bits per heavy atom. The molecule has 1 aliphatic carbocycles. The third-order valence-corrected chi connectivity index (χ3v) is 5.55. The number of aromatic nitrogens is 2. The highest BCUT2D eigenvalue weighted by molar-refractivity contribution is 8.00. The number of methoxy groups -OCH3 is 1. The molecule has 1 heterocycles. The minimum Gasteiger partial charge on any atom is -0.468 e. The Bertz CT molecular complexity index is 477. The summed E-state index contributed by atoms with van der Waals surface area (Å²) in [6.07, 6.45) is 5.20. The van der Waals surface area contributed by atoms with E-state index >= 15 is 0 Å². The molecular weight excluding hydrogens is 306 g/mol. The van der Waals surface area contributed by atoms with Crippen molar-refractivity contribution in [3.8, 4) is 0 Å². The number of hydrogen-bond donors (Lipinski definition) is 1. The first-order chi connectivity index (χ1) is 10.0. The van der Waals surface area contributed by atoms with E-state index in [1.54, 1.807) is 11.8 Å². The van der Waals surface area contributed by atoms with Gasteiger partial charge in [-0.05, 0) is 51.1 Å². The SMILES string of the molecule is COC(=O)C(C)(CCCCSc1nc(C)ns1)NC1CC1. The minimum absolute atomic E-state index is 0.151. The van der Waals surface area contributed by atoms with Gasteiger partial charge in [0, 0.05) is 11.8 Å². The number of ether oxygens (including phenoxy) is 1. The van der Waals surface area contributed by atoms with Crippen molar-refractivity contribution in [1.82, 2.24) is 14.7 Å². The highest BCUT2D eigenvalue weighted by Crippen LogP contribution is 2.27. The van der Waals surface area contributed by atoms with Crippen molar-refractivity contribution >= 4 is 29.3 Å². The lowest BCUT2D eigenvalue weighted by atomic mass is 9.95. The molecule has 0 aromatic carbocycles. The maximum atomic E-state index is 12.0. The molecule has 118 valence electrons. The molecule has 21 heavy (non-hydrogen) atoms. The van der Waals surface area contributed by atoms with Crippen molar-refractivity contribution in [2.75, 3.05) is 12.9 Å². The van der Waals surface area contributed by atoms with Crippen LogP contribution in [0.4, 0.5) is 0 Å². The Hall–Kier alpha value is -0.660. The summed E-state index contributed by atoms with van der Waals surface area (Å²) in [6.45, 7) is 3.87. The van der Waals surface area contributed by atoms with Crippen molar-refractivity contribution in [3.05, 3.63) is 5.82 Å². The number of carbonyl (C=O) groups is 1. The van der Waals surface area contributed by atoms with E-state index in [9.17, 15) is 4.79 Å². The number of unbranched alkanes of at least 4 members (excludes halogenated alkanes) is 1. The predicted molar refractivity (Wildman–Crippen MR) is 85.8 cm³/mol. The van der Waals surface area contributed by atoms with Crippen LogP contribution in [0.15, 0.2) is 4.34 Å². The number of esters is 1. The Morgan fingerprint density at radius 3 is 2.86 bits per heavy atom. The van der Waals surface area contributed by atoms with Crippen LogP contribution in [0.5, 0.6) is 0 Å². The second-order valence-corrected chi connectivity index (χ2v) is 7.75. The van der Waals surface area contributed by atoms with E-state index < -0.39 is 5.54 Å². The molecular formula is C14H23N3O2S2. The smallest absolute Gasteiger partial charge is 0.325 e. The fourth-order valence-electron chi connectivity index (χ4n) is 2.21. The summed E-state index contributed by atoms with van der Waals surface area (Å²) in [7, 11) is 1.46. The number of rotatable bonds is 9. The monoisotopic (exact) mass is 329 g/mol. The molecule has 1 aromatic rings. The van der Waals surface area contributed by atoms with Crippen LogP contribution in [-0.2, 0) is 9.53 Å². The van der Waals surface area contributed by atoms with Gasteiger partial charge in [-0.25, -0.2) is 4.98 Å². The molecule has 1 fully saturated rings. The first kappa shape index (κ1) is 16.7. The molecule has 0 amide bonds. The molecule has 0 saturated heterocycles. The lowest BCUT2D eigenvalue weighted by Gasteiger charge is -2.28. The molecule has 1 N–H and O–H groups in total. The first-order valence-corrected chi connectivity index (χ1v) is 9.08. The van der Waals surface area contributed by atoms with E-state index in [1.165, 1.54) is 31.5 Å². The zero-order valence-electron chi connectivity index (χ0n) is 12.8. The van der Waals surface area contributed by atoms with Crippen LogP contribution < -0.4 is 5.32 Å². The van der Waals surface area contributed by atoms with Gasteiger partial charge in [0.05, 0.1) is 7.11 Å². The summed E-state index contributed by atoms with van der Waals surface area (Å²) in [6, 6.07) is 0.493. The molecule has 1 aliphatic rings. The second kappa shape index (κ2) is 7.56. The van der Waals surface area contributed by atoms with Gasteiger partial charge < -0.3 is 4.74 Å². The molecule has 0 radical (unpaired) electrons. The summed E-state index contributed by atoms with van der Waals surface area (Å²) < 4.78 is 10.1. The zero-order valence-corrected chi connectivity index (χ0v) is 14.5. The number of nitrogens with one attached hydrogen (secondary N) is 1. The van der Waals surface area contributed by atoms with Gasteiger partial charge in [0.15, 0.2) is 4.34 Å². The van der Waals surface area contributed by atoms with Crippen LogP contribution in [0, 0.1) is 6.92 Å². The quantitative estimate of drug-likeness (QED) is 0.427. The van der Waals surface area contributed by atoms with Crippen LogP contribution in [0.1, 0.15) is 44.9 Å². The topological polar surface area (TPSA) is 64.1 Å². The Morgan fingerprint density at radius 2 is 2.29 bits per heavy atom. The van der Waals surface area contributed by atoms with Crippen LogP contribution in [-0.4, -0.2) is 39.8 Å². The molecule has 7 heteroatoms. The molecule has 5 nitrogen and oxygen atoms in total. The second-order valence-electron chi connectivity index (χ2n) is 5.66. The normalized spacial score (nSPS) is 17.5. The van der Waals surface area contributed by atoms with Crippen molar-refractivity contribution in [3.63, 3.8) is 0 Å². The van der Waals surface area contributed by atoms with Crippen LogP contribution in [0.3, 0.4) is 0 Å². The third-order valence-electron chi connectivity index (χ3n) is 3.54. The summed E-state index contributed by atoms with van der Waals surface area (Å²) in [4.78, 5) is 16.3. The molecule has 0 bridgehead atoms. The summed E-state index contributed by atoms with van der Waals surface area (Å²) >= 11 is 3.19. The summed E-state index contributed by atoms with van der Waals surface area (Å²) in [5.41, 5.74) is -0.542. The van der Waals surface area contributed by atoms with Crippen LogP contribution >= 0.6 is 23.3 Å². The molecule has 1 atom stereocenters. The van der Waals surface area contributed by atoms with Gasteiger partial charge in [-0.3, -0.25) is 10.1 Å². The number of hydrogen-bond acceptors (Lipinski definition) is 7. The summed E-state index contributed by atoms with van der Waals surface area (Å²) in [5, 5.41) is 3.43.